The van der Waals surface area contributed by atoms with E-state index in [1.54, 1.807) is 30.9 Å². The summed E-state index contributed by atoms with van der Waals surface area (Å²) in [4.78, 5) is 23.0. The van der Waals surface area contributed by atoms with E-state index in [0.29, 0.717) is 44.9 Å². The molecule has 0 radical (unpaired) electrons. The van der Waals surface area contributed by atoms with Crippen LogP contribution in [0.4, 0.5) is 5.82 Å². The third-order valence-electron chi connectivity index (χ3n) is 6.04. The predicted molar refractivity (Wildman–Crippen MR) is 124 cm³/mol. The number of hydrogen-bond donors (Lipinski definition) is 2. The molecule has 1 aliphatic carbocycles. The summed E-state index contributed by atoms with van der Waals surface area (Å²) in [5, 5.41) is 3.14. The summed E-state index contributed by atoms with van der Waals surface area (Å²) in [5.41, 5.74) is 9.94. The Bertz CT molecular complexity index is 1320. The number of rotatable bonds is 5. The van der Waals surface area contributed by atoms with E-state index in [4.69, 9.17) is 25.2 Å². The summed E-state index contributed by atoms with van der Waals surface area (Å²) in [6.45, 7) is 0. The van der Waals surface area contributed by atoms with Gasteiger partial charge >= 0.3 is 0 Å². The average Bonchev–Trinajstić information content (AvgIpc) is 3.41. The van der Waals surface area contributed by atoms with Gasteiger partial charge in [-0.2, -0.15) is 0 Å². The number of fused-ring (bicyclic) bond motifs is 2. The van der Waals surface area contributed by atoms with Crippen LogP contribution in [0.1, 0.15) is 36.0 Å². The highest BCUT2D eigenvalue weighted by Gasteiger charge is 2.28. The van der Waals surface area contributed by atoms with Crippen LogP contribution >= 0.6 is 0 Å². The molecule has 0 bridgehead atoms. The molecule has 5 rings (SSSR count). The van der Waals surface area contributed by atoms with Gasteiger partial charge in [0.2, 0.25) is 0 Å². The Morgan fingerprint density at radius 2 is 1.78 bits per heavy atom. The molecule has 1 amide bonds. The van der Waals surface area contributed by atoms with Gasteiger partial charge in [0.05, 0.1) is 30.9 Å². The number of para-hydroxylation sites is 2. The summed E-state index contributed by atoms with van der Waals surface area (Å²) >= 11 is 0. The molecule has 32 heavy (non-hydrogen) atoms. The Morgan fingerprint density at radius 3 is 2.47 bits per heavy atom. The lowest BCUT2D eigenvalue weighted by atomic mass is 10.2. The number of nitrogens with zero attached hydrogens (tertiary/aromatic N) is 3. The van der Waals surface area contributed by atoms with Gasteiger partial charge in [0.15, 0.2) is 5.65 Å². The third kappa shape index (κ3) is 3.28. The van der Waals surface area contributed by atoms with Gasteiger partial charge in [-0.1, -0.05) is 25.0 Å². The van der Waals surface area contributed by atoms with Crippen molar-refractivity contribution in [1.82, 2.24) is 19.9 Å². The SMILES string of the molecule is COc1ccc(OC)c(-n2c(N)c(C(=O)NC3CCCC3)c3nc4ccccc4nc32)c1. The molecule has 2 aromatic heterocycles. The number of hydrogen-bond acceptors (Lipinski definition) is 6. The first kappa shape index (κ1) is 20.1. The first-order chi connectivity index (χ1) is 15.6. The van der Waals surface area contributed by atoms with Crippen molar-refractivity contribution >= 4 is 33.9 Å². The second-order valence-electron chi connectivity index (χ2n) is 7.97. The van der Waals surface area contributed by atoms with Crippen molar-refractivity contribution in [3.8, 4) is 17.2 Å². The molecule has 4 aromatic rings. The van der Waals surface area contributed by atoms with E-state index in [2.05, 4.69) is 5.32 Å². The lowest BCUT2D eigenvalue weighted by Crippen LogP contribution is -2.33. The Hall–Kier alpha value is -3.81. The van der Waals surface area contributed by atoms with Crippen molar-refractivity contribution in [3.05, 3.63) is 48.0 Å². The van der Waals surface area contributed by atoms with E-state index in [-0.39, 0.29) is 17.8 Å². The molecule has 0 unspecified atom stereocenters. The Morgan fingerprint density at radius 1 is 1.06 bits per heavy atom. The van der Waals surface area contributed by atoms with Crippen molar-refractivity contribution < 1.29 is 14.3 Å². The number of aromatic nitrogens is 3. The van der Waals surface area contributed by atoms with Crippen molar-refractivity contribution in [2.24, 2.45) is 0 Å². The summed E-state index contributed by atoms with van der Waals surface area (Å²) in [7, 11) is 3.18. The Labute approximate surface area is 185 Å². The zero-order valence-corrected chi connectivity index (χ0v) is 18.1. The number of methoxy groups -OCH3 is 2. The van der Waals surface area contributed by atoms with Crippen LogP contribution in [0, 0.1) is 0 Å². The highest BCUT2D eigenvalue weighted by atomic mass is 16.5. The summed E-state index contributed by atoms with van der Waals surface area (Å²) in [6, 6.07) is 13.1. The van der Waals surface area contributed by atoms with Crippen LogP contribution in [0.15, 0.2) is 42.5 Å². The fourth-order valence-electron chi connectivity index (χ4n) is 4.43. The zero-order valence-electron chi connectivity index (χ0n) is 18.1. The number of nitrogens with one attached hydrogen (secondary N) is 1. The third-order valence-corrected chi connectivity index (χ3v) is 6.04. The quantitative estimate of drug-likeness (QED) is 0.497. The highest BCUT2D eigenvalue weighted by Crippen LogP contribution is 2.36. The van der Waals surface area contributed by atoms with Crippen LogP contribution < -0.4 is 20.5 Å². The van der Waals surface area contributed by atoms with E-state index < -0.39 is 0 Å². The maximum atomic E-state index is 13.4. The van der Waals surface area contributed by atoms with Crippen molar-refractivity contribution in [3.63, 3.8) is 0 Å². The monoisotopic (exact) mass is 431 g/mol. The Balaban J connectivity index is 1.78. The first-order valence-electron chi connectivity index (χ1n) is 10.7. The summed E-state index contributed by atoms with van der Waals surface area (Å²) in [5.74, 6) is 1.24. The topological polar surface area (TPSA) is 104 Å². The fraction of sp³-hybridized carbons (Fsp3) is 0.292. The number of nitrogen functional groups attached to an aromatic ring is 1. The highest BCUT2D eigenvalue weighted by molar-refractivity contribution is 6.11. The van der Waals surface area contributed by atoms with Gasteiger partial charge in [-0.15, -0.1) is 0 Å². The fourth-order valence-corrected chi connectivity index (χ4v) is 4.43. The minimum absolute atomic E-state index is 0.153. The predicted octanol–water partition coefficient (Wildman–Crippen LogP) is 3.85. The van der Waals surface area contributed by atoms with Crippen LogP contribution in [0.25, 0.3) is 27.9 Å². The molecule has 0 aliphatic heterocycles. The van der Waals surface area contributed by atoms with Crippen molar-refractivity contribution in [2.45, 2.75) is 31.7 Å². The van der Waals surface area contributed by atoms with Gasteiger partial charge in [-0.3, -0.25) is 9.36 Å². The minimum Gasteiger partial charge on any atom is -0.497 e. The number of benzene rings is 2. The molecule has 0 saturated heterocycles. The molecule has 0 atom stereocenters. The largest absolute Gasteiger partial charge is 0.497 e. The smallest absolute Gasteiger partial charge is 0.257 e. The number of amides is 1. The molecule has 164 valence electrons. The number of ether oxygens (including phenoxy) is 2. The molecule has 0 spiro atoms. The molecule has 2 aromatic carbocycles. The molecular formula is C24H25N5O3. The van der Waals surface area contributed by atoms with Crippen LogP contribution in [-0.2, 0) is 0 Å². The van der Waals surface area contributed by atoms with Gasteiger partial charge in [0.1, 0.15) is 28.4 Å². The maximum absolute atomic E-state index is 13.4. The minimum atomic E-state index is -0.232. The molecular weight excluding hydrogens is 406 g/mol. The molecule has 1 aliphatic rings. The zero-order chi connectivity index (χ0) is 22.2. The van der Waals surface area contributed by atoms with Gasteiger partial charge < -0.3 is 20.5 Å². The average molecular weight is 431 g/mol. The van der Waals surface area contributed by atoms with E-state index >= 15 is 0 Å². The van der Waals surface area contributed by atoms with E-state index in [1.807, 2.05) is 30.3 Å². The van der Waals surface area contributed by atoms with Crippen molar-refractivity contribution in [1.29, 1.82) is 0 Å². The van der Waals surface area contributed by atoms with Crippen LogP contribution in [-0.4, -0.2) is 40.7 Å². The number of anilines is 1. The molecule has 3 N–H and O–H groups in total. The number of carbonyl (C=O) groups excluding carboxylic acids is 1. The van der Waals surface area contributed by atoms with Gasteiger partial charge in [0, 0.05) is 12.1 Å². The van der Waals surface area contributed by atoms with E-state index in [9.17, 15) is 4.79 Å². The standard InChI is InChI=1S/C24H25N5O3/c1-31-15-11-12-19(32-2)18(13-15)29-22(25)20(24(30)26-14-7-3-4-8-14)21-23(29)28-17-10-6-5-9-16(17)27-21/h5-6,9-14H,3-4,7-8,25H2,1-2H3,(H,26,30). The first-order valence-corrected chi connectivity index (χ1v) is 10.7. The molecule has 2 heterocycles. The van der Waals surface area contributed by atoms with E-state index in [1.165, 1.54) is 0 Å². The lowest BCUT2D eigenvalue weighted by molar-refractivity contribution is 0.0940. The molecule has 8 heteroatoms. The van der Waals surface area contributed by atoms with E-state index in [0.717, 1.165) is 25.7 Å². The second kappa shape index (κ2) is 8.03. The van der Waals surface area contributed by atoms with Crippen molar-refractivity contribution in [2.75, 3.05) is 20.0 Å². The van der Waals surface area contributed by atoms with Gasteiger partial charge in [0.25, 0.3) is 5.91 Å². The Kier molecular flexibility index (Phi) is 5.05. The molecule has 1 fully saturated rings. The second-order valence-corrected chi connectivity index (χ2v) is 7.97. The van der Waals surface area contributed by atoms with Crippen LogP contribution in [0.5, 0.6) is 11.5 Å². The maximum Gasteiger partial charge on any atom is 0.257 e. The molecule has 1 saturated carbocycles. The van der Waals surface area contributed by atoms with Crippen LogP contribution in [0.3, 0.4) is 0 Å². The van der Waals surface area contributed by atoms with Gasteiger partial charge in [-0.25, -0.2) is 9.97 Å². The summed E-state index contributed by atoms with van der Waals surface area (Å²) in [6.07, 6.45) is 4.19. The van der Waals surface area contributed by atoms with Crippen LogP contribution in [0.2, 0.25) is 0 Å². The number of nitrogens with two attached hydrogens (primary N) is 1. The molecule has 8 nitrogen and oxygen atoms in total. The lowest BCUT2D eigenvalue weighted by Gasteiger charge is -2.14. The normalized spacial score (nSPS) is 14.2. The summed E-state index contributed by atoms with van der Waals surface area (Å²) < 4.78 is 12.7. The van der Waals surface area contributed by atoms with Gasteiger partial charge in [-0.05, 0) is 37.1 Å². The number of carbonyl (C=O) groups is 1.